The van der Waals surface area contributed by atoms with Crippen molar-refractivity contribution in [3.05, 3.63) is 12.2 Å². The van der Waals surface area contributed by atoms with Crippen molar-refractivity contribution in [1.29, 1.82) is 0 Å². The summed E-state index contributed by atoms with van der Waals surface area (Å²) >= 11 is 0. The molecule has 0 radical (unpaired) electrons. The molecule has 0 amide bonds. The van der Waals surface area contributed by atoms with Gasteiger partial charge in [0.15, 0.2) is 0 Å². The molecule has 1 aliphatic carbocycles. The average Bonchev–Trinajstić information content (AvgIpc) is 2.19. The molecule has 1 rings (SSSR count). The summed E-state index contributed by atoms with van der Waals surface area (Å²) in [6.07, 6.45) is 3.18. The first-order valence-electron chi connectivity index (χ1n) is 5.04. The van der Waals surface area contributed by atoms with Crippen molar-refractivity contribution in [3.63, 3.8) is 0 Å². The van der Waals surface area contributed by atoms with Crippen LogP contribution in [-0.4, -0.2) is 25.4 Å². The molecule has 0 fully saturated rings. The monoisotopic (exact) mass is 225 g/mol. The Bertz CT molecular complexity index is 215. The van der Waals surface area contributed by atoms with E-state index in [0.717, 1.165) is 19.3 Å². The van der Waals surface area contributed by atoms with E-state index >= 15 is 0 Å². The number of nitrogens with one attached hydrogen (secondary N) is 1. The Kier molecular flexibility index (Phi) is 4.57. The Labute approximate surface area is 86.5 Å². The van der Waals surface area contributed by atoms with Gasteiger partial charge in [0.1, 0.15) is 0 Å². The molecule has 0 spiro atoms. The summed E-state index contributed by atoms with van der Waals surface area (Å²) in [5, 5.41) is 2.41. The summed E-state index contributed by atoms with van der Waals surface area (Å²) in [5.41, 5.74) is 0. The molecule has 1 atom stereocenters. The fourth-order valence-corrected chi connectivity index (χ4v) is 1.56. The van der Waals surface area contributed by atoms with Crippen LogP contribution in [0, 0.1) is 5.92 Å². The van der Waals surface area contributed by atoms with E-state index in [2.05, 4.69) is 5.32 Å². The number of alkyl halides is 4. The zero-order valence-electron chi connectivity index (χ0n) is 8.36. The fraction of sp³-hybridized carbons (Fsp3) is 0.800. The summed E-state index contributed by atoms with van der Waals surface area (Å²) in [5.74, 6) is -3.62. The molecule has 0 saturated heterocycles. The highest BCUT2D eigenvalue weighted by atomic mass is 19.3. The predicted octanol–water partition coefficient (Wildman–Crippen LogP) is 2.83. The van der Waals surface area contributed by atoms with Gasteiger partial charge in [0.25, 0.3) is 0 Å². The van der Waals surface area contributed by atoms with E-state index in [0.29, 0.717) is 12.5 Å². The normalized spacial score (nSPS) is 22.3. The lowest BCUT2D eigenvalue weighted by atomic mass is 9.94. The first kappa shape index (κ1) is 12.5. The lowest BCUT2D eigenvalue weighted by molar-refractivity contribution is -0.125. The minimum Gasteiger partial charge on any atom is -0.311 e. The lowest BCUT2D eigenvalue weighted by Crippen LogP contribution is -2.40. The highest BCUT2D eigenvalue weighted by molar-refractivity contribution is 4.90. The maximum absolute atomic E-state index is 12.5. The smallest absolute Gasteiger partial charge is 0.311 e. The number of allylic oxidation sites excluding steroid dienone is 2. The minimum absolute atomic E-state index is 0.295. The fourth-order valence-electron chi connectivity index (χ4n) is 1.56. The van der Waals surface area contributed by atoms with Crippen LogP contribution in [0.15, 0.2) is 12.2 Å². The molecule has 88 valence electrons. The Morgan fingerprint density at radius 1 is 1.33 bits per heavy atom. The third-order valence-electron chi connectivity index (χ3n) is 2.49. The summed E-state index contributed by atoms with van der Waals surface area (Å²) in [7, 11) is 0. The number of hydrogen-bond donors (Lipinski definition) is 1. The van der Waals surface area contributed by atoms with E-state index in [9.17, 15) is 17.6 Å². The van der Waals surface area contributed by atoms with Gasteiger partial charge in [-0.15, -0.1) is 0 Å². The van der Waals surface area contributed by atoms with E-state index in [-0.39, 0.29) is 0 Å². The molecule has 0 saturated carbocycles. The summed E-state index contributed by atoms with van der Waals surface area (Å²) in [6, 6.07) is 0. The van der Waals surface area contributed by atoms with Crippen LogP contribution in [0.4, 0.5) is 17.6 Å². The van der Waals surface area contributed by atoms with Crippen molar-refractivity contribution in [3.8, 4) is 0 Å². The topological polar surface area (TPSA) is 12.0 Å². The minimum atomic E-state index is -3.91. The standard InChI is InChI=1S/C10H15F4N/c11-9(12)10(13,14)7-15-6-8-4-2-1-3-5-8/h1-2,8-9,15H,3-7H2. The largest absolute Gasteiger partial charge is 0.319 e. The van der Waals surface area contributed by atoms with E-state index in [1.807, 2.05) is 12.2 Å². The molecule has 5 heteroatoms. The maximum Gasteiger partial charge on any atom is 0.319 e. The van der Waals surface area contributed by atoms with Crippen LogP contribution in [0.2, 0.25) is 0 Å². The molecular weight excluding hydrogens is 210 g/mol. The van der Waals surface area contributed by atoms with Gasteiger partial charge in [-0.3, -0.25) is 0 Å². The zero-order chi connectivity index (χ0) is 11.3. The molecular formula is C10H15F4N. The third kappa shape index (κ3) is 4.20. The quantitative estimate of drug-likeness (QED) is 0.560. The van der Waals surface area contributed by atoms with Crippen LogP contribution in [0.1, 0.15) is 19.3 Å². The van der Waals surface area contributed by atoms with Crippen LogP contribution in [0.5, 0.6) is 0 Å². The number of halogens is 4. The van der Waals surface area contributed by atoms with Crippen molar-refractivity contribution >= 4 is 0 Å². The summed E-state index contributed by atoms with van der Waals surface area (Å²) < 4.78 is 48.5. The average molecular weight is 225 g/mol. The van der Waals surface area contributed by atoms with Gasteiger partial charge in [0.2, 0.25) is 0 Å². The first-order valence-corrected chi connectivity index (χ1v) is 5.04. The van der Waals surface area contributed by atoms with Gasteiger partial charge < -0.3 is 5.32 Å². The van der Waals surface area contributed by atoms with Crippen molar-refractivity contribution in [2.24, 2.45) is 5.92 Å². The van der Waals surface area contributed by atoms with Crippen molar-refractivity contribution in [2.75, 3.05) is 13.1 Å². The molecule has 0 aromatic heterocycles. The van der Waals surface area contributed by atoms with Gasteiger partial charge in [-0.05, 0) is 31.7 Å². The van der Waals surface area contributed by atoms with Crippen LogP contribution >= 0.6 is 0 Å². The predicted molar refractivity (Wildman–Crippen MR) is 50.3 cm³/mol. The first-order chi connectivity index (χ1) is 7.02. The molecule has 0 aromatic carbocycles. The molecule has 0 aliphatic heterocycles. The molecule has 1 aliphatic rings. The molecule has 1 nitrogen and oxygen atoms in total. The Morgan fingerprint density at radius 2 is 2.07 bits per heavy atom. The van der Waals surface area contributed by atoms with E-state index in [1.165, 1.54) is 0 Å². The van der Waals surface area contributed by atoms with Crippen molar-refractivity contribution in [1.82, 2.24) is 5.32 Å². The number of hydrogen-bond acceptors (Lipinski definition) is 1. The van der Waals surface area contributed by atoms with Crippen LogP contribution in [0.25, 0.3) is 0 Å². The summed E-state index contributed by atoms with van der Waals surface area (Å²) in [6.45, 7) is -0.558. The Balaban J connectivity index is 2.18. The molecule has 15 heavy (non-hydrogen) atoms. The number of rotatable bonds is 5. The zero-order valence-corrected chi connectivity index (χ0v) is 8.36. The second-order valence-corrected chi connectivity index (χ2v) is 3.84. The molecule has 0 bridgehead atoms. The third-order valence-corrected chi connectivity index (χ3v) is 2.49. The van der Waals surface area contributed by atoms with Gasteiger partial charge in [-0.25, -0.2) is 8.78 Å². The Hall–Kier alpha value is -0.580. The maximum atomic E-state index is 12.5. The molecule has 0 aromatic rings. The van der Waals surface area contributed by atoms with Gasteiger partial charge in [0.05, 0.1) is 6.54 Å². The lowest BCUT2D eigenvalue weighted by Gasteiger charge is -2.21. The van der Waals surface area contributed by atoms with Gasteiger partial charge >= 0.3 is 12.3 Å². The Morgan fingerprint density at radius 3 is 2.60 bits per heavy atom. The van der Waals surface area contributed by atoms with Crippen LogP contribution < -0.4 is 5.32 Å². The second kappa shape index (κ2) is 5.49. The molecule has 0 heterocycles. The van der Waals surface area contributed by atoms with E-state index < -0.39 is 18.9 Å². The molecule has 1 unspecified atom stereocenters. The van der Waals surface area contributed by atoms with Crippen LogP contribution in [-0.2, 0) is 0 Å². The summed E-state index contributed by atoms with van der Waals surface area (Å²) in [4.78, 5) is 0. The van der Waals surface area contributed by atoms with Crippen LogP contribution in [0.3, 0.4) is 0 Å². The van der Waals surface area contributed by atoms with Crippen molar-refractivity contribution in [2.45, 2.75) is 31.6 Å². The van der Waals surface area contributed by atoms with Gasteiger partial charge in [0, 0.05) is 0 Å². The van der Waals surface area contributed by atoms with E-state index in [1.54, 1.807) is 0 Å². The SMILES string of the molecule is FC(F)C(F)(F)CNCC1CC=CCC1. The van der Waals surface area contributed by atoms with Gasteiger partial charge in [-0.2, -0.15) is 8.78 Å². The van der Waals surface area contributed by atoms with Crippen molar-refractivity contribution < 1.29 is 17.6 Å². The van der Waals surface area contributed by atoms with E-state index in [4.69, 9.17) is 0 Å². The highest BCUT2D eigenvalue weighted by Crippen LogP contribution is 2.22. The van der Waals surface area contributed by atoms with Gasteiger partial charge in [-0.1, -0.05) is 12.2 Å². The highest BCUT2D eigenvalue weighted by Gasteiger charge is 2.40. The second-order valence-electron chi connectivity index (χ2n) is 3.84. The molecule has 1 N–H and O–H groups in total.